The molecular formula is C15H17N5OS2. The fourth-order valence-electron chi connectivity index (χ4n) is 2.19. The van der Waals surface area contributed by atoms with E-state index in [1.165, 1.54) is 11.8 Å². The Hall–Kier alpha value is -1.93. The zero-order valence-electron chi connectivity index (χ0n) is 13.2. The quantitative estimate of drug-likeness (QED) is 0.664. The van der Waals surface area contributed by atoms with E-state index in [2.05, 4.69) is 20.4 Å². The molecule has 0 atom stereocenters. The maximum absolute atomic E-state index is 12.2. The van der Waals surface area contributed by atoms with Gasteiger partial charge in [-0.25, -0.2) is 9.50 Å². The van der Waals surface area contributed by atoms with Gasteiger partial charge in [0.25, 0.3) is 5.78 Å². The first kappa shape index (κ1) is 15.9. The highest BCUT2D eigenvalue weighted by Crippen LogP contribution is 2.16. The Labute approximate surface area is 142 Å². The fraction of sp³-hybridized carbons (Fsp3) is 0.333. The Balaban J connectivity index is 1.63. The van der Waals surface area contributed by atoms with E-state index in [0.717, 1.165) is 17.0 Å². The molecule has 0 aliphatic heterocycles. The number of carbonyl (C=O) groups excluding carboxylic acids is 1. The van der Waals surface area contributed by atoms with Crippen molar-refractivity contribution < 1.29 is 4.79 Å². The summed E-state index contributed by atoms with van der Waals surface area (Å²) in [4.78, 5) is 22.7. The second-order valence-corrected chi connectivity index (χ2v) is 7.04. The van der Waals surface area contributed by atoms with Crippen LogP contribution < -0.4 is 0 Å². The van der Waals surface area contributed by atoms with Crippen molar-refractivity contribution in [1.82, 2.24) is 24.5 Å². The van der Waals surface area contributed by atoms with Crippen LogP contribution in [0.5, 0.6) is 0 Å². The van der Waals surface area contributed by atoms with E-state index in [1.807, 2.05) is 38.4 Å². The van der Waals surface area contributed by atoms with Gasteiger partial charge in [-0.3, -0.25) is 4.79 Å². The number of hydrogen-bond acceptors (Lipinski definition) is 6. The maximum atomic E-state index is 12.2. The molecule has 0 bridgehead atoms. The van der Waals surface area contributed by atoms with E-state index in [9.17, 15) is 4.79 Å². The van der Waals surface area contributed by atoms with Gasteiger partial charge in [-0.1, -0.05) is 11.8 Å². The molecule has 0 aliphatic carbocycles. The average molecular weight is 347 g/mol. The van der Waals surface area contributed by atoms with Crippen LogP contribution in [0.4, 0.5) is 0 Å². The van der Waals surface area contributed by atoms with Crippen molar-refractivity contribution in [2.24, 2.45) is 0 Å². The third kappa shape index (κ3) is 3.70. The molecule has 6 nitrogen and oxygen atoms in total. The summed E-state index contributed by atoms with van der Waals surface area (Å²) in [5, 5.41) is 9.04. The smallest absolute Gasteiger partial charge is 0.253 e. The number of fused-ring (bicyclic) bond motifs is 1. The van der Waals surface area contributed by atoms with Gasteiger partial charge in [0, 0.05) is 25.0 Å². The number of aromatic nitrogens is 4. The molecule has 23 heavy (non-hydrogen) atoms. The lowest BCUT2D eigenvalue weighted by atomic mass is 10.3. The first-order valence-corrected chi connectivity index (χ1v) is 9.04. The van der Waals surface area contributed by atoms with Crippen molar-refractivity contribution in [3.63, 3.8) is 0 Å². The van der Waals surface area contributed by atoms with Crippen LogP contribution in [-0.2, 0) is 11.3 Å². The van der Waals surface area contributed by atoms with Gasteiger partial charge < -0.3 is 4.90 Å². The number of thiophene rings is 1. The minimum atomic E-state index is 0.0564. The SMILES string of the molecule is Cc1cc(C)n2nc(SCC(=O)N(C)Cc3ccsc3)nc2n1. The summed E-state index contributed by atoms with van der Waals surface area (Å²) in [6.07, 6.45) is 0. The summed E-state index contributed by atoms with van der Waals surface area (Å²) in [5.41, 5.74) is 3.04. The van der Waals surface area contributed by atoms with Crippen molar-refractivity contribution in [1.29, 1.82) is 0 Å². The fourth-order valence-corrected chi connectivity index (χ4v) is 3.61. The van der Waals surface area contributed by atoms with E-state index in [-0.39, 0.29) is 5.91 Å². The van der Waals surface area contributed by atoms with Gasteiger partial charge in [-0.15, -0.1) is 5.10 Å². The lowest BCUT2D eigenvalue weighted by Crippen LogP contribution is -2.27. The molecular weight excluding hydrogens is 330 g/mol. The van der Waals surface area contributed by atoms with Crippen LogP contribution in [0.15, 0.2) is 28.0 Å². The number of nitrogens with zero attached hydrogens (tertiary/aromatic N) is 5. The number of thioether (sulfide) groups is 1. The molecule has 8 heteroatoms. The Morgan fingerprint density at radius 2 is 2.22 bits per heavy atom. The molecule has 3 rings (SSSR count). The van der Waals surface area contributed by atoms with E-state index < -0.39 is 0 Å². The standard InChI is InChI=1S/C15H17N5OS2/c1-10-6-11(2)20-14(16-10)17-15(18-20)23-9-13(21)19(3)7-12-4-5-22-8-12/h4-6,8H,7,9H2,1-3H3. The molecule has 0 aromatic carbocycles. The van der Waals surface area contributed by atoms with Gasteiger partial charge in [0.15, 0.2) is 0 Å². The third-order valence-electron chi connectivity index (χ3n) is 3.35. The highest BCUT2D eigenvalue weighted by Gasteiger charge is 2.13. The van der Waals surface area contributed by atoms with Crippen molar-refractivity contribution in [3.05, 3.63) is 39.8 Å². The molecule has 0 spiro atoms. The molecule has 3 heterocycles. The number of aryl methyl sites for hydroxylation is 2. The molecule has 0 saturated heterocycles. The summed E-state index contributed by atoms with van der Waals surface area (Å²) in [7, 11) is 1.81. The highest BCUT2D eigenvalue weighted by atomic mass is 32.2. The predicted molar refractivity (Wildman–Crippen MR) is 91.8 cm³/mol. The monoisotopic (exact) mass is 347 g/mol. The Bertz CT molecular complexity index is 828. The Morgan fingerprint density at radius 1 is 1.39 bits per heavy atom. The highest BCUT2D eigenvalue weighted by molar-refractivity contribution is 7.99. The van der Waals surface area contributed by atoms with Gasteiger partial charge in [0.1, 0.15) is 0 Å². The zero-order valence-corrected chi connectivity index (χ0v) is 14.8. The maximum Gasteiger partial charge on any atom is 0.253 e. The van der Waals surface area contributed by atoms with Crippen molar-refractivity contribution in [2.75, 3.05) is 12.8 Å². The van der Waals surface area contributed by atoms with Crippen LogP contribution in [0, 0.1) is 13.8 Å². The minimum Gasteiger partial charge on any atom is -0.341 e. The van der Waals surface area contributed by atoms with E-state index >= 15 is 0 Å². The van der Waals surface area contributed by atoms with Crippen LogP contribution >= 0.6 is 23.1 Å². The summed E-state index contributed by atoms with van der Waals surface area (Å²) < 4.78 is 1.70. The van der Waals surface area contributed by atoms with Crippen molar-refractivity contribution in [2.45, 2.75) is 25.5 Å². The first-order chi connectivity index (χ1) is 11.0. The molecule has 0 saturated carbocycles. The number of amides is 1. The number of rotatable bonds is 5. The van der Waals surface area contributed by atoms with Crippen molar-refractivity contribution in [3.8, 4) is 0 Å². The summed E-state index contributed by atoms with van der Waals surface area (Å²) >= 11 is 2.97. The van der Waals surface area contributed by atoms with Gasteiger partial charge in [-0.05, 0) is 42.3 Å². The summed E-state index contributed by atoms with van der Waals surface area (Å²) in [6.45, 7) is 4.52. The molecule has 0 aliphatic rings. The molecule has 3 aromatic heterocycles. The molecule has 0 radical (unpaired) electrons. The van der Waals surface area contributed by atoms with E-state index in [1.54, 1.807) is 20.8 Å². The van der Waals surface area contributed by atoms with Gasteiger partial charge >= 0.3 is 0 Å². The van der Waals surface area contributed by atoms with Gasteiger partial charge in [0.2, 0.25) is 11.1 Å². The second kappa shape index (κ2) is 6.67. The van der Waals surface area contributed by atoms with E-state index in [4.69, 9.17) is 0 Å². The lowest BCUT2D eigenvalue weighted by Gasteiger charge is -2.15. The van der Waals surface area contributed by atoms with Crippen molar-refractivity contribution >= 4 is 34.8 Å². The second-order valence-electron chi connectivity index (χ2n) is 5.32. The van der Waals surface area contributed by atoms with Crippen LogP contribution in [0.1, 0.15) is 17.0 Å². The van der Waals surface area contributed by atoms with Gasteiger partial charge in [-0.2, -0.15) is 16.3 Å². The number of hydrogen-bond donors (Lipinski definition) is 0. The lowest BCUT2D eigenvalue weighted by molar-refractivity contribution is -0.127. The van der Waals surface area contributed by atoms with Crippen LogP contribution in [-0.4, -0.2) is 43.2 Å². The first-order valence-electron chi connectivity index (χ1n) is 7.12. The molecule has 0 N–H and O–H groups in total. The van der Waals surface area contributed by atoms with Crippen LogP contribution in [0.3, 0.4) is 0 Å². The molecule has 0 unspecified atom stereocenters. The zero-order chi connectivity index (χ0) is 16.4. The number of carbonyl (C=O) groups is 1. The van der Waals surface area contributed by atoms with Crippen LogP contribution in [0.2, 0.25) is 0 Å². The predicted octanol–water partition coefficient (Wildman–Crippen LogP) is 2.55. The Kier molecular flexibility index (Phi) is 4.63. The summed E-state index contributed by atoms with van der Waals surface area (Å²) in [5.74, 6) is 0.945. The van der Waals surface area contributed by atoms with Gasteiger partial charge in [0.05, 0.1) is 5.75 Å². The largest absolute Gasteiger partial charge is 0.341 e. The third-order valence-corrected chi connectivity index (χ3v) is 4.90. The van der Waals surface area contributed by atoms with E-state index in [0.29, 0.717) is 23.2 Å². The molecule has 0 fully saturated rings. The minimum absolute atomic E-state index is 0.0564. The molecule has 120 valence electrons. The topological polar surface area (TPSA) is 63.4 Å². The Morgan fingerprint density at radius 3 is 2.96 bits per heavy atom. The molecule has 3 aromatic rings. The molecule has 1 amide bonds. The average Bonchev–Trinajstić information content (AvgIpc) is 3.13. The summed E-state index contributed by atoms with van der Waals surface area (Å²) in [6, 6.07) is 3.98. The van der Waals surface area contributed by atoms with Crippen LogP contribution in [0.25, 0.3) is 5.78 Å². The normalized spacial score (nSPS) is 11.1.